The summed E-state index contributed by atoms with van der Waals surface area (Å²) in [5.41, 5.74) is 1.51. The Hall–Kier alpha value is -3.42. The molecule has 1 aromatic heterocycles. The molecule has 8 heteroatoms. The summed E-state index contributed by atoms with van der Waals surface area (Å²) in [6.45, 7) is 0.186. The highest BCUT2D eigenvalue weighted by Crippen LogP contribution is 2.36. The lowest BCUT2D eigenvalue weighted by Crippen LogP contribution is -1.99. The zero-order chi connectivity index (χ0) is 20.2. The van der Waals surface area contributed by atoms with Crippen LogP contribution < -0.4 is 9.47 Å². The number of benzene rings is 2. The molecule has 0 spiro atoms. The van der Waals surface area contributed by atoms with Gasteiger partial charge in [0.2, 0.25) is 11.7 Å². The van der Waals surface area contributed by atoms with Crippen LogP contribution in [0.3, 0.4) is 0 Å². The number of nitro benzene ring substituents is 1. The molecule has 1 aliphatic carbocycles. The molecular formula is C21H21N3O5. The fraction of sp³-hybridized carbons (Fsp3) is 0.333. The molecule has 0 amide bonds. The highest BCUT2D eigenvalue weighted by Gasteiger charge is 2.23. The normalized spacial score (nSPS) is 14.1. The van der Waals surface area contributed by atoms with Crippen LogP contribution >= 0.6 is 0 Å². The maximum atomic E-state index is 10.9. The van der Waals surface area contributed by atoms with Gasteiger partial charge in [-0.2, -0.15) is 4.98 Å². The van der Waals surface area contributed by atoms with Crippen molar-refractivity contribution in [1.82, 2.24) is 10.1 Å². The highest BCUT2D eigenvalue weighted by atomic mass is 16.6. The number of aromatic nitrogens is 2. The van der Waals surface area contributed by atoms with Gasteiger partial charge in [0, 0.05) is 23.6 Å². The fourth-order valence-corrected chi connectivity index (χ4v) is 3.54. The maximum Gasteiger partial charge on any atom is 0.269 e. The van der Waals surface area contributed by atoms with Crippen molar-refractivity contribution in [2.75, 3.05) is 7.11 Å². The standard InChI is InChI=1S/C21H21N3O5/c1-27-19-12-16(20-22-21(29-23-20)15-6-2-3-7-15)9-10-18(19)28-13-14-5-4-8-17(11-14)24(25)26/h4-5,8-12,15H,2-3,6-7,13H2,1H3. The average molecular weight is 395 g/mol. The molecule has 0 unspecified atom stereocenters. The van der Waals surface area contributed by atoms with Crippen LogP contribution in [0, 0.1) is 10.1 Å². The molecule has 0 aliphatic heterocycles. The van der Waals surface area contributed by atoms with Gasteiger partial charge in [0.25, 0.3) is 5.69 Å². The van der Waals surface area contributed by atoms with Crippen LogP contribution in [0.1, 0.15) is 43.1 Å². The molecule has 0 N–H and O–H groups in total. The van der Waals surface area contributed by atoms with Gasteiger partial charge in [0.05, 0.1) is 12.0 Å². The predicted octanol–water partition coefficient (Wildman–Crippen LogP) is 4.89. The van der Waals surface area contributed by atoms with Crippen molar-refractivity contribution in [2.24, 2.45) is 0 Å². The zero-order valence-electron chi connectivity index (χ0n) is 16.0. The lowest BCUT2D eigenvalue weighted by Gasteiger charge is -2.11. The third-order valence-electron chi connectivity index (χ3n) is 5.08. The summed E-state index contributed by atoms with van der Waals surface area (Å²) in [7, 11) is 1.56. The molecule has 150 valence electrons. The number of non-ortho nitro benzene ring substituents is 1. The van der Waals surface area contributed by atoms with Crippen LogP contribution in [0.25, 0.3) is 11.4 Å². The van der Waals surface area contributed by atoms with Crippen molar-refractivity contribution >= 4 is 5.69 Å². The fourth-order valence-electron chi connectivity index (χ4n) is 3.54. The summed E-state index contributed by atoms with van der Waals surface area (Å²) in [5, 5.41) is 15.0. The second-order valence-electron chi connectivity index (χ2n) is 7.02. The topological polar surface area (TPSA) is 101 Å². The van der Waals surface area contributed by atoms with Crippen molar-refractivity contribution in [2.45, 2.75) is 38.2 Å². The van der Waals surface area contributed by atoms with Crippen molar-refractivity contribution in [3.05, 3.63) is 64.0 Å². The quantitative estimate of drug-likeness (QED) is 0.415. The number of nitrogens with zero attached hydrogens (tertiary/aromatic N) is 3. The molecule has 0 saturated heterocycles. The number of rotatable bonds is 7. The van der Waals surface area contributed by atoms with Crippen molar-refractivity contribution < 1.29 is 18.9 Å². The van der Waals surface area contributed by atoms with E-state index in [1.165, 1.54) is 25.0 Å². The van der Waals surface area contributed by atoms with Crippen LogP contribution in [0.15, 0.2) is 47.0 Å². The Labute approximate surface area is 167 Å². The lowest BCUT2D eigenvalue weighted by molar-refractivity contribution is -0.384. The first-order valence-electron chi connectivity index (χ1n) is 9.52. The maximum absolute atomic E-state index is 10.9. The van der Waals surface area contributed by atoms with E-state index in [-0.39, 0.29) is 12.3 Å². The minimum Gasteiger partial charge on any atom is -0.493 e. The number of nitro groups is 1. The Morgan fingerprint density at radius 1 is 1.17 bits per heavy atom. The lowest BCUT2D eigenvalue weighted by atomic mass is 10.1. The molecule has 1 saturated carbocycles. The third kappa shape index (κ3) is 4.21. The van der Waals surface area contributed by atoms with E-state index in [0.717, 1.165) is 18.4 Å². The number of ether oxygens (including phenoxy) is 2. The Morgan fingerprint density at radius 3 is 2.76 bits per heavy atom. The first kappa shape index (κ1) is 18.9. The second-order valence-corrected chi connectivity index (χ2v) is 7.02. The summed E-state index contributed by atoms with van der Waals surface area (Å²) in [5.74, 6) is 2.64. The van der Waals surface area contributed by atoms with E-state index in [4.69, 9.17) is 14.0 Å². The molecule has 3 aromatic rings. The van der Waals surface area contributed by atoms with E-state index in [1.54, 1.807) is 31.4 Å². The van der Waals surface area contributed by atoms with Crippen molar-refractivity contribution in [3.8, 4) is 22.9 Å². The van der Waals surface area contributed by atoms with E-state index < -0.39 is 4.92 Å². The smallest absolute Gasteiger partial charge is 0.269 e. The van der Waals surface area contributed by atoms with Gasteiger partial charge in [0.1, 0.15) is 6.61 Å². The SMILES string of the molecule is COc1cc(-c2noc(C3CCCC3)n2)ccc1OCc1cccc([N+](=O)[O-])c1. The van der Waals surface area contributed by atoms with E-state index in [9.17, 15) is 10.1 Å². The van der Waals surface area contributed by atoms with E-state index in [2.05, 4.69) is 10.1 Å². The Bertz CT molecular complexity index is 1010. The van der Waals surface area contributed by atoms with Gasteiger partial charge in [-0.1, -0.05) is 30.1 Å². The van der Waals surface area contributed by atoms with Gasteiger partial charge in [-0.05, 0) is 36.6 Å². The Morgan fingerprint density at radius 2 is 2.00 bits per heavy atom. The second kappa shape index (κ2) is 8.30. The van der Waals surface area contributed by atoms with Crippen LogP contribution in [-0.4, -0.2) is 22.2 Å². The molecule has 29 heavy (non-hydrogen) atoms. The largest absolute Gasteiger partial charge is 0.493 e. The van der Waals surface area contributed by atoms with Crippen LogP contribution in [0.4, 0.5) is 5.69 Å². The third-order valence-corrected chi connectivity index (χ3v) is 5.08. The van der Waals surface area contributed by atoms with Crippen molar-refractivity contribution in [3.63, 3.8) is 0 Å². The van der Waals surface area contributed by atoms with Crippen LogP contribution in [0.5, 0.6) is 11.5 Å². The van der Waals surface area contributed by atoms with Crippen LogP contribution in [-0.2, 0) is 6.61 Å². The summed E-state index contributed by atoms with van der Waals surface area (Å²) in [6, 6.07) is 11.8. The average Bonchev–Trinajstić information content (AvgIpc) is 3.44. The van der Waals surface area contributed by atoms with Crippen LogP contribution in [0.2, 0.25) is 0 Å². The molecule has 1 fully saturated rings. The summed E-state index contributed by atoms with van der Waals surface area (Å²) < 4.78 is 16.7. The van der Waals surface area contributed by atoms with Crippen molar-refractivity contribution in [1.29, 1.82) is 0 Å². The molecule has 1 aliphatic rings. The molecule has 0 radical (unpaired) electrons. The molecular weight excluding hydrogens is 374 g/mol. The first-order chi connectivity index (χ1) is 14.1. The van der Waals surface area contributed by atoms with Gasteiger partial charge in [0.15, 0.2) is 11.5 Å². The summed E-state index contributed by atoms with van der Waals surface area (Å²) in [6.07, 6.45) is 4.59. The number of methoxy groups -OCH3 is 1. The minimum atomic E-state index is -0.427. The molecule has 0 bridgehead atoms. The van der Waals surface area contributed by atoms with Gasteiger partial charge in [-0.25, -0.2) is 0 Å². The Kier molecular flexibility index (Phi) is 5.41. The highest BCUT2D eigenvalue weighted by molar-refractivity contribution is 5.60. The van der Waals surface area contributed by atoms with E-state index >= 15 is 0 Å². The molecule has 4 rings (SSSR count). The number of hydrogen-bond donors (Lipinski definition) is 0. The zero-order valence-corrected chi connectivity index (χ0v) is 16.0. The first-order valence-corrected chi connectivity index (χ1v) is 9.52. The van der Waals surface area contributed by atoms with E-state index in [0.29, 0.717) is 34.7 Å². The van der Waals surface area contributed by atoms with Gasteiger partial charge >= 0.3 is 0 Å². The van der Waals surface area contributed by atoms with Gasteiger partial charge in [-0.15, -0.1) is 0 Å². The summed E-state index contributed by atoms with van der Waals surface area (Å²) in [4.78, 5) is 15.0. The van der Waals surface area contributed by atoms with E-state index in [1.807, 2.05) is 6.07 Å². The predicted molar refractivity (Wildman–Crippen MR) is 105 cm³/mol. The molecule has 8 nitrogen and oxygen atoms in total. The van der Waals surface area contributed by atoms with Gasteiger partial charge in [-0.3, -0.25) is 10.1 Å². The monoisotopic (exact) mass is 395 g/mol. The molecule has 1 heterocycles. The molecule has 2 aromatic carbocycles. The number of hydrogen-bond acceptors (Lipinski definition) is 7. The van der Waals surface area contributed by atoms with Gasteiger partial charge < -0.3 is 14.0 Å². The summed E-state index contributed by atoms with van der Waals surface area (Å²) >= 11 is 0. The molecule has 0 atom stereocenters. The Balaban J connectivity index is 1.49. The minimum absolute atomic E-state index is 0.0311.